The van der Waals surface area contributed by atoms with Crippen LogP contribution in [0.25, 0.3) is 0 Å². The minimum absolute atomic E-state index is 0.121. The van der Waals surface area contributed by atoms with Gasteiger partial charge in [0.1, 0.15) is 11.5 Å². The molecule has 1 aromatic rings. The normalized spacial score (nSPS) is 16.7. The molecule has 0 bridgehead atoms. The number of amides is 1. The largest absolute Gasteiger partial charge is 0.497 e. The Morgan fingerprint density at radius 1 is 1.21 bits per heavy atom. The molecule has 1 aliphatic rings. The summed E-state index contributed by atoms with van der Waals surface area (Å²) in [5.41, 5.74) is 0.815. The lowest BCUT2D eigenvalue weighted by Gasteiger charge is -2.27. The predicted molar refractivity (Wildman–Crippen MR) is 74.0 cm³/mol. The highest BCUT2D eigenvalue weighted by Crippen LogP contribution is 2.32. The molecule has 0 radical (unpaired) electrons. The van der Waals surface area contributed by atoms with Crippen LogP contribution in [0.5, 0.6) is 11.5 Å². The van der Waals surface area contributed by atoms with Gasteiger partial charge in [0, 0.05) is 25.6 Å². The number of hydrogen-bond acceptors (Lipinski definition) is 4. The van der Waals surface area contributed by atoms with Crippen molar-refractivity contribution in [1.29, 1.82) is 0 Å². The Kier molecular flexibility index (Phi) is 4.63. The lowest BCUT2D eigenvalue weighted by molar-refractivity contribution is -0.118. The van der Waals surface area contributed by atoms with E-state index < -0.39 is 0 Å². The highest BCUT2D eigenvalue weighted by molar-refractivity contribution is 5.95. The molecular weight excluding hydrogens is 244 g/mol. The summed E-state index contributed by atoms with van der Waals surface area (Å²) in [6.07, 6.45) is 1.44. The van der Waals surface area contributed by atoms with E-state index in [2.05, 4.69) is 5.32 Å². The van der Waals surface area contributed by atoms with Crippen molar-refractivity contribution in [1.82, 2.24) is 5.32 Å². The molecule has 1 aliphatic heterocycles. The third-order valence-electron chi connectivity index (χ3n) is 3.23. The van der Waals surface area contributed by atoms with Crippen molar-refractivity contribution >= 4 is 11.6 Å². The smallest absolute Gasteiger partial charge is 0.228 e. The van der Waals surface area contributed by atoms with E-state index in [1.165, 1.54) is 0 Å². The average molecular weight is 264 g/mol. The predicted octanol–water partition coefficient (Wildman–Crippen LogP) is 1.42. The van der Waals surface area contributed by atoms with Crippen molar-refractivity contribution in [3.63, 3.8) is 0 Å². The summed E-state index contributed by atoms with van der Waals surface area (Å²) < 4.78 is 10.5. The van der Waals surface area contributed by atoms with Crippen LogP contribution in [-0.2, 0) is 4.79 Å². The molecule has 5 nitrogen and oxygen atoms in total. The quantitative estimate of drug-likeness (QED) is 0.897. The Bertz CT molecular complexity index is 448. The fourth-order valence-electron chi connectivity index (χ4n) is 2.20. The van der Waals surface area contributed by atoms with Gasteiger partial charge in [-0.15, -0.1) is 0 Å². The molecule has 1 N–H and O–H groups in total. The zero-order valence-electron chi connectivity index (χ0n) is 11.4. The van der Waals surface area contributed by atoms with Gasteiger partial charge in [-0.3, -0.25) is 4.79 Å². The van der Waals surface area contributed by atoms with Gasteiger partial charge < -0.3 is 19.7 Å². The zero-order chi connectivity index (χ0) is 13.7. The van der Waals surface area contributed by atoms with Crippen LogP contribution in [-0.4, -0.2) is 39.8 Å². The van der Waals surface area contributed by atoms with Gasteiger partial charge in [0.25, 0.3) is 0 Å². The first kappa shape index (κ1) is 13.7. The second-order valence-electron chi connectivity index (χ2n) is 4.44. The molecule has 1 heterocycles. The van der Waals surface area contributed by atoms with E-state index in [0.29, 0.717) is 18.7 Å². The molecule has 2 rings (SSSR count). The Morgan fingerprint density at radius 2 is 2.05 bits per heavy atom. The topological polar surface area (TPSA) is 50.8 Å². The summed E-state index contributed by atoms with van der Waals surface area (Å²) in [7, 11) is 3.22. The summed E-state index contributed by atoms with van der Waals surface area (Å²) in [5, 5.41) is 3.24. The maximum atomic E-state index is 12.2. The number of hydrogen-bond donors (Lipinski definition) is 1. The lowest BCUT2D eigenvalue weighted by atomic mass is 10.2. The van der Waals surface area contributed by atoms with Crippen LogP contribution in [0.4, 0.5) is 5.69 Å². The first-order valence-electron chi connectivity index (χ1n) is 6.49. The molecule has 0 unspecified atom stereocenters. The second kappa shape index (κ2) is 6.43. The van der Waals surface area contributed by atoms with Gasteiger partial charge in [-0.05, 0) is 25.1 Å². The molecule has 5 heteroatoms. The highest BCUT2D eigenvalue weighted by Gasteiger charge is 2.20. The van der Waals surface area contributed by atoms with Crippen LogP contribution in [0.2, 0.25) is 0 Å². The number of ether oxygens (including phenoxy) is 2. The van der Waals surface area contributed by atoms with E-state index in [-0.39, 0.29) is 5.91 Å². The molecule has 104 valence electrons. The molecule has 19 heavy (non-hydrogen) atoms. The van der Waals surface area contributed by atoms with Crippen molar-refractivity contribution in [3.8, 4) is 11.5 Å². The van der Waals surface area contributed by atoms with Crippen molar-refractivity contribution < 1.29 is 14.3 Å². The molecule has 1 aromatic carbocycles. The van der Waals surface area contributed by atoms with Crippen LogP contribution in [0.3, 0.4) is 0 Å². The fraction of sp³-hybridized carbons (Fsp3) is 0.500. The van der Waals surface area contributed by atoms with E-state index in [9.17, 15) is 4.79 Å². The lowest BCUT2D eigenvalue weighted by Crippen LogP contribution is -2.38. The fourth-order valence-corrected chi connectivity index (χ4v) is 2.20. The van der Waals surface area contributed by atoms with Gasteiger partial charge in [0.2, 0.25) is 5.91 Å². The molecule has 0 saturated carbocycles. The molecule has 1 amide bonds. The Labute approximate surface area is 113 Å². The summed E-state index contributed by atoms with van der Waals surface area (Å²) in [4.78, 5) is 14.0. The molecule has 1 saturated heterocycles. The molecular formula is C14H20N2O3. The number of anilines is 1. The summed E-state index contributed by atoms with van der Waals surface area (Å²) in [5.74, 6) is 1.51. The number of rotatable bonds is 3. The maximum absolute atomic E-state index is 12.2. The van der Waals surface area contributed by atoms with Crippen LogP contribution >= 0.6 is 0 Å². The first-order valence-corrected chi connectivity index (χ1v) is 6.49. The first-order chi connectivity index (χ1) is 9.26. The standard InChI is InChI=1S/C14H20N2O3/c1-18-11-4-5-12(13(10-11)19-2)16-9-3-7-15-8-6-14(16)17/h4-5,10,15H,3,6-9H2,1-2H3. The monoisotopic (exact) mass is 264 g/mol. The summed E-state index contributed by atoms with van der Waals surface area (Å²) >= 11 is 0. The van der Waals surface area contributed by atoms with Crippen molar-refractivity contribution in [3.05, 3.63) is 18.2 Å². The van der Waals surface area contributed by atoms with E-state index in [1.54, 1.807) is 25.2 Å². The zero-order valence-corrected chi connectivity index (χ0v) is 11.4. The van der Waals surface area contributed by atoms with Crippen LogP contribution in [0.1, 0.15) is 12.8 Å². The van der Waals surface area contributed by atoms with Gasteiger partial charge in [-0.2, -0.15) is 0 Å². The van der Waals surface area contributed by atoms with Crippen molar-refractivity contribution in [2.24, 2.45) is 0 Å². The number of nitrogens with one attached hydrogen (secondary N) is 1. The van der Waals surface area contributed by atoms with Crippen molar-refractivity contribution in [2.75, 3.05) is 38.8 Å². The summed E-state index contributed by atoms with van der Waals surface area (Å²) in [6, 6.07) is 5.53. The number of carbonyl (C=O) groups excluding carboxylic acids is 1. The number of benzene rings is 1. The Balaban J connectivity index is 2.29. The van der Waals surface area contributed by atoms with Gasteiger partial charge >= 0.3 is 0 Å². The average Bonchev–Trinajstić information content (AvgIpc) is 2.43. The molecule has 1 fully saturated rings. The van der Waals surface area contributed by atoms with E-state index >= 15 is 0 Å². The van der Waals surface area contributed by atoms with Gasteiger partial charge in [0.15, 0.2) is 0 Å². The third-order valence-corrected chi connectivity index (χ3v) is 3.23. The van der Waals surface area contributed by atoms with Crippen molar-refractivity contribution in [2.45, 2.75) is 12.8 Å². The van der Waals surface area contributed by atoms with E-state index in [0.717, 1.165) is 30.9 Å². The molecule has 0 aliphatic carbocycles. The molecule has 0 atom stereocenters. The van der Waals surface area contributed by atoms with Crippen LogP contribution in [0.15, 0.2) is 18.2 Å². The van der Waals surface area contributed by atoms with Crippen LogP contribution < -0.4 is 19.7 Å². The van der Waals surface area contributed by atoms with E-state index in [1.807, 2.05) is 12.1 Å². The molecule has 0 aromatic heterocycles. The Morgan fingerprint density at radius 3 is 2.79 bits per heavy atom. The second-order valence-corrected chi connectivity index (χ2v) is 4.44. The Hall–Kier alpha value is -1.75. The van der Waals surface area contributed by atoms with Gasteiger partial charge in [0.05, 0.1) is 19.9 Å². The number of nitrogens with zero attached hydrogens (tertiary/aromatic N) is 1. The van der Waals surface area contributed by atoms with Gasteiger partial charge in [-0.25, -0.2) is 0 Å². The highest BCUT2D eigenvalue weighted by atomic mass is 16.5. The number of methoxy groups -OCH3 is 2. The minimum atomic E-state index is 0.121. The van der Waals surface area contributed by atoms with E-state index in [4.69, 9.17) is 9.47 Å². The summed E-state index contributed by atoms with van der Waals surface area (Å²) in [6.45, 7) is 2.37. The van der Waals surface area contributed by atoms with Crippen LogP contribution in [0, 0.1) is 0 Å². The minimum Gasteiger partial charge on any atom is -0.497 e. The number of carbonyl (C=O) groups is 1. The SMILES string of the molecule is COc1ccc(N2CCCNCCC2=O)c(OC)c1. The maximum Gasteiger partial charge on any atom is 0.228 e. The molecule has 0 spiro atoms. The third kappa shape index (κ3) is 3.17. The van der Waals surface area contributed by atoms with Gasteiger partial charge in [-0.1, -0.05) is 0 Å².